The largest absolute Gasteiger partial charge is 0.488 e. The van der Waals surface area contributed by atoms with Crippen molar-refractivity contribution < 1.29 is 23.9 Å². The molecule has 2 amide bonds. The Morgan fingerprint density at radius 1 is 1.23 bits per heavy atom. The van der Waals surface area contributed by atoms with Gasteiger partial charge in [0.25, 0.3) is 11.1 Å². The molecule has 0 saturated carbocycles. The summed E-state index contributed by atoms with van der Waals surface area (Å²) in [6, 6.07) is 12.7. The molecule has 3 rings (SSSR count). The number of thioether (sulfide) groups is 1. The number of ether oxygens (including phenoxy) is 2. The standard InChI is InChI=1S/C22H20INO5S/c1-13-5-4-6-16(9-13)12-29-18-8-7-15(10-17(18)23)11-19-20(25)24(22(27)30-19)14(2)21(26)28-3/h4-11,14H,12H2,1-3H3/b19-11+/t14-/m0/s1. The molecule has 1 aliphatic heterocycles. The van der Waals surface area contributed by atoms with Gasteiger partial charge in [0.2, 0.25) is 0 Å². The second kappa shape index (κ2) is 9.65. The Morgan fingerprint density at radius 3 is 2.67 bits per heavy atom. The van der Waals surface area contributed by atoms with E-state index in [4.69, 9.17) is 4.74 Å². The molecular weight excluding hydrogens is 517 g/mol. The van der Waals surface area contributed by atoms with Crippen molar-refractivity contribution in [2.45, 2.75) is 26.5 Å². The van der Waals surface area contributed by atoms with Crippen molar-refractivity contribution in [1.82, 2.24) is 4.90 Å². The maximum atomic E-state index is 12.6. The Kier molecular flexibility index (Phi) is 7.19. The molecule has 6 nitrogen and oxygen atoms in total. The number of carbonyl (C=O) groups excluding carboxylic acids is 3. The molecule has 0 radical (unpaired) electrons. The number of esters is 1. The minimum absolute atomic E-state index is 0.264. The number of hydrogen-bond donors (Lipinski definition) is 0. The van der Waals surface area contributed by atoms with Crippen molar-refractivity contribution in [2.24, 2.45) is 0 Å². The summed E-state index contributed by atoms with van der Waals surface area (Å²) in [5, 5.41) is -0.489. The molecule has 1 fully saturated rings. The summed E-state index contributed by atoms with van der Waals surface area (Å²) in [4.78, 5) is 37.7. The molecule has 1 heterocycles. The molecule has 1 aliphatic rings. The monoisotopic (exact) mass is 537 g/mol. The van der Waals surface area contributed by atoms with Gasteiger partial charge in [-0.3, -0.25) is 14.5 Å². The van der Waals surface area contributed by atoms with Gasteiger partial charge in [-0.05, 0) is 77.5 Å². The van der Waals surface area contributed by atoms with Gasteiger partial charge in [0, 0.05) is 0 Å². The number of amides is 2. The Hall–Kier alpha value is -2.33. The number of nitrogens with zero attached hydrogens (tertiary/aromatic N) is 1. The van der Waals surface area contributed by atoms with Gasteiger partial charge < -0.3 is 9.47 Å². The average molecular weight is 537 g/mol. The number of benzene rings is 2. The fourth-order valence-electron chi connectivity index (χ4n) is 2.93. The first-order chi connectivity index (χ1) is 14.3. The number of methoxy groups -OCH3 is 1. The van der Waals surface area contributed by atoms with Crippen LogP contribution in [0.4, 0.5) is 4.79 Å². The zero-order valence-electron chi connectivity index (χ0n) is 16.7. The highest BCUT2D eigenvalue weighted by Gasteiger charge is 2.41. The molecule has 30 heavy (non-hydrogen) atoms. The van der Waals surface area contributed by atoms with E-state index in [0.29, 0.717) is 6.61 Å². The van der Waals surface area contributed by atoms with Crippen molar-refractivity contribution in [3.63, 3.8) is 0 Å². The molecule has 0 N–H and O–H groups in total. The van der Waals surface area contributed by atoms with Crippen molar-refractivity contribution in [2.75, 3.05) is 7.11 Å². The fourth-order valence-corrected chi connectivity index (χ4v) is 4.53. The van der Waals surface area contributed by atoms with E-state index in [1.54, 1.807) is 6.08 Å². The molecule has 156 valence electrons. The second-order valence-corrected chi connectivity index (χ2v) is 8.87. The van der Waals surface area contributed by atoms with Crippen LogP contribution in [0.1, 0.15) is 23.6 Å². The molecule has 1 saturated heterocycles. The minimum Gasteiger partial charge on any atom is -0.488 e. The maximum Gasteiger partial charge on any atom is 0.328 e. The Bertz CT molecular complexity index is 1040. The maximum absolute atomic E-state index is 12.6. The van der Waals surface area contributed by atoms with Crippen LogP contribution in [0.2, 0.25) is 0 Å². The van der Waals surface area contributed by atoms with Crippen molar-refractivity contribution >= 4 is 57.5 Å². The molecule has 8 heteroatoms. The third-order valence-electron chi connectivity index (χ3n) is 4.48. The molecule has 0 aromatic heterocycles. The van der Waals surface area contributed by atoms with Crippen LogP contribution in [0.25, 0.3) is 6.08 Å². The van der Waals surface area contributed by atoms with Crippen LogP contribution >= 0.6 is 34.4 Å². The first-order valence-electron chi connectivity index (χ1n) is 9.13. The third-order valence-corrected chi connectivity index (χ3v) is 6.21. The lowest BCUT2D eigenvalue weighted by Crippen LogP contribution is -2.42. The van der Waals surface area contributed by atoms with Gasteiger partial charge in [0.05, 0.1) is 15.6 Å². The molecule has 2 aromatic rings. The number of hydrogen-bond acceptors (Lipinski definition) is 6. The summed E-state index contributed by atoms with van der Waals surface area (Å²) in [6.45, 7) is 3.96. The number of carbonyl (C=O) groups is 3. The minimum atomic E-state index is -0.967. The van der Waals surface area contributed by atoms with Gasteiger partial charge in [-0.25, -0.2) is 4.79 Å². The number of halogens is 1. The lowest BCUT2D eigenvalue weighted by atomic mass is 10.1. The highest BCUT2D eigenvalue weighted by molar-refractivity contribution is 14.1. The lowest BCUT2D eigenvalue weighted by Gasteiger charge is -2.18. The zero-order valence-corrected chi connectivity index (χ0v) is 19.7. The Balaban J connectivity index is 1.73. The molecule has 0 aliphatic carbocycles. The second-order valence-electron chi connectivity index (χ2n) is 6.72. The van der Waals surface area contributed by atoms with Crippen molar-refractivity contribution in [3.05, 3.63) is 67.6 Å². The zero-order chi connectivity index (χ0) is 21.8. The van der Waals surface area contributed by atoms with E-state index in [9.17, 15) is 14.4 Å². The van der Waals surface area contributed by atoms with Gasteiger partial charge in [0.1, 0.15) is 18.4 Å². The van der Waals surface area contributed by atoms with E-state index in [-0.39, 0.29) is 4.91 Å². The fraction of sp³-hybridized carbons (Fsp3) is 0.227. The summed E-state index contributed by atoms with van der Waals surface area (Å²) >= 11 is 2.98. The van der Waals surface area contributed by atoms with Gasteiger partial charge in [-0.15, -0.1) is 0 Å². The van der Waals surface area contributed by atoms with Crippen LogP contribution in [-0.2, 0) is 20.9 Å². The summed E-state index contributed by atoms with van der Waals surface area (Å²) in [7, 11) is 1.22. The third kappa shape index (κ3) is 5.04. The molecule has 0 bridgehead atoms. The first kappa shape index (κ1) is 22.4. The normalized spacial score (nSPS) is 16.1. The van der Waals surface area contributed by atoms with E-state index < -0.39 is 23.2 Å². The van der Waals surface area contributed by atoms with E-state index in [1.807, 2.05) is 43.3 Å². The first-order valence-corrected chi connectivity index (χ1v) is 11.0. The van der Waals surface area contributed by atoms with E-state index in [0.717, 1.165) is 37.1 Å². The number of rotatable bonds is 6. The van der Waals surface area contributed by atoms with Crippen molar-refractivity contribution in [1.29, 1.82) is 0 Å². The van der Waals surface area contributed by atoms with Gasteiger partial charge in [-0.2, -0.15) is 0 Å². The highest BCUT2D eigenvalue weighted by Crippen LogP contribution is 2.34. The van der Waals surface area contributed by atoms with Gasteiger partial charge >= 0.3 is 5.97 Å². The average Bonchev–Trinajstić information content (AvgIpc) is 2.99. The van der Waals surface area contributed by atoms with Gasteiger partial charge in [-0.1, -0.05) is 35.9 Å². The summed E-state index contributed by atoms with van der Waals surface area (Å²) in [5.74, 6) is -0.400. The Labute approximate surface area is 192 Å². The number of imide groups is 1. The molecular formula is C22H20INO5S. The summed E-state index contributed by atoms with van der Waals surface area (Å²) in [6.07, 6.45) is 1.64. The molecule has 1 atom stereocenters. The predicted octanol–water partition coefficient (Wildman–Crippen LogP) is 4.78. The molecule has 2 aromatic carbocycles. The number of aryl methyl sites for hydroxylation is 1. The summed E-state index contributed by atoms with van der Waals surface area (Å²) < 4.78 is 11.4. The topological polar surface area (TPSA) is 72.9 Å². The Morgan fingerprint density at radius 2 is 2.00 bits per heavy atom. The van der Waals surface area contributed by atoms with Gasteiger partial charge in [0.15, 0.2) is 0 Å². The van der Waals surface area contributed by atoms with E-state index >= 15 is 0 Å². The van der Waals surface area contributed by atoms with Crippen LogP contribution in [0.15, 0.2) is 47.4 Å². The van der Waals surface area contributed by atoms with Crippen LogP contribution in [0.5, 0.6) is 5.75 Å². The molecule has 0 spiro atoms. The van der Waals surface area contributed by atoms with E-state index in [2.05, 4.69) is 33.4 Å². The van der Waals surface area contributed by atoms with E-state index in [1.165, 1.54) is 19.6 Å². The highest BCUT2D eigenvalue weighted by atomic mass is 127. The SMILES string of the molecule is COC(=O)[C@H](C)N1C(=O)S/C(=C/c2ccc(OCc3cccc(C)c3)c(I)c2)C1=O. The van der Waals surface area contributed by atoms with Crippen molar-refractivity contribution in [3.8, 4) is 5.75 Å². The van der Waals surface area contributed by atoms with Crippen LogP contribution in [-0.4, -0.2) is 35.2 Å². The van der Waals surface area contributed by atoms with Crippen LogP contribution < -0.4 is 4.74 Å². The molecule has 0 unspecified atom stereocenters. The van der Waals surface area contributed by atoms with Crippen LogP contribution in [0.3, 0.4) is 0 Å². The predicted molar refractivity (Wildman–Crippen MR) is 124 cm³/mol. The lowest BCUT2D eigenvalue weighted by molar-refractivity contribution is -0.148. The summed E-state index contributed by atoms with van der Waals surface area (Å²) in [5.41, 5.74) is 3.03. The smallest absolute Gasteiger partial charge is 0.328 e. The van der Waals surface area contributed by atoms with Crippen LogP contribution in [0, 0.1) is 10.5 Å². The quantitative estimate of drug-likeness (QED) is 0.300.